The molecular weight excluding hydrogens is 284 g/mol. The molecule has 1 aliphatic carbocycles. The summed E-state index contributed by atoms with van der Waals surface area (Å²) in [5.41, 5.74) is 0.974. The van der Waals surface area contributed by atoms with Crippen molar-refractivity contribution in [3.63, 3.8) is 0 Å². The number of hydrogen-bond acceptors (Lipinski definition) is 5. The Morgan fingerprint density at radius 1 is 1.38 bits per heavy atom. The SMILES string of the molecule is CCNC(=O)c1sc2ncnc(NC3CCCC3)c2c1C. The van der Waals surface area contributed by atoms with E-state index in [1.54, 1.807) is 6.33 Å². The normalized spacial score (nSPS) is 15.5. The number of aromatic nitrogens is 2. The van der Waals surface area contributed by atoms with Gasteiger partial charge in [-0.05, 0) is 32.3 Å². The quantitative estimate of drug-likeness (QED) is 0.911. The van der Waals surface area contributed by atoms with Crippen LogP contribution in [0.15, 0.2) is 6.33 Å². The number of rotatable bonds is 4. The molecule has 1 amide bonds. The van der Waals surface area contributed by atoms with Crippen molar-refractivity contribution in [2.24, 2.45) is 0 Å². The van der Waals surface area contributed by atoms with E-state index in [4.69, 9.17) is 0 Å². The highest BCUT2D eigenvalue weighted by molar-refractivity contribution is 7.20. The number of carbonyl (C=O) groups is 1. The molecule has 1 saturated carbocycles. The minimum atomic E-state index is -0.0233. The number of hydrogen-bond donors (Lipinski definition) is 2. The fourth-order valence-corrected chi connectivity index (χ4v) is 3.97. The zero-order valence-electron chi connectivity index (χ0n) is 12.4. The summed E-state index contributed by atoms with van der Waals surface area (Å²) >= 11 is 1.44. The van der Waals surface area contributed by atoms with Crippen LogP contribution in [0.1, 0.15) is 47.8 Å². The summed E-state index contributed by atoms with van der Waals surface area (Å²) in [6.07, 6.45) is 6.52. The maximum absolute atomic E-state index is 12.1. The Labute approximate surface area is 128 Å². The number of nitrogens with one attached hydrogen (secondary N) is 2. The van der Waals surface area contributed by atoms with E-state index in [1.165, 1.54) is 37.0 Å². The lowest BCUT2D eigenvalue weighted by atomic mass is 10.1. The molecule has 0 radical (unpaired) electrons. The molecule has 5 nitrogen and oxygen atoms in total. The third-order valence-corrected chi connectivity index (χ3v) is 5.16. The van der Waals surface area contributed by atoms with Gasteiger partial charge in [0.05, 0.1) is 10.3 Å². The van der Waals surface area contributed by atoms with Crippen molar-refractivity contribution in [3.8, 4) is 0 Å². The van der Waals surface area contributed by atoms with E-state index in [-0.39, 0.29) is 5.91 Å². The third-order valence-electron chi connectivity index (χ3n) is 3.97. The van der Waals surface area contributed by atoms with Gasteiger partial charge in [0, 0.05) is 12.6 Å². The molecule has 0 bridgehead atoms. The van der Waals surface area contributed by atoms with Crippen LogP contribution in [0.5, 0.6) is 0 Å². The average Bonchev–Trinajstić information content (AvgIpc) is 3.08. The molecule has 0 atom stereocenters. The summed E-state index contributed by atoms with van der Waals surface area (Å²) in [4.78, 5) is 22.5. The molecule has 6 heteroatoms. The molecule has 0 aromatic carbocycles. The first-order chi connectivity index (χ1) is 10.2. The summed E-state index contributed by atoms with van der Waals surface area (Å²) in [6, 6.07) is 0.496. The van der Waals surface area contributed by atoms with Crippen LogP contribution in [0.3, 0.4) is 0 Å². The molecule has 1 fully saturated rings. The summed E-state index contributed by atoms with van der Waals surface area (Å²) in [5, 5.41) is 7.39. The molecule has 0 aliphatic heterocycles. The number of aryl methyl sites for hydroxylation is 1. The van der Waals surface area contributed by atoms with E-state index < -0.39 is 0 Å². The molecule has 2 heterocycles. The van der Waals surface area contributed by atoms with E-state index in [0.717, 1.165) is 26.5 Å². The highest BCUT2D eigenvalue weighted by Gasteiger charge is 2.21. The molecular formula is C15H20N4OS. The van der Waals surface area contributed by atoms with Gasteiger partial charge < -0.3 is 10.6 Å². The van der Waals surface area contributed by atoms with Crippen molar-refractivity contribution in [1.29, 1.82) is 0 Å². The Morgan fingerprint density at radius 3 is 2.86 bits per heavy atom. The van der Waals surface area contributed by atoms with Crippen LogP contribution in [0.25, 0.3) is 10.2 Å². The predicted molar refractivity (Wildman–Crippen MR) is 86.0 cm³/mol. The molecule has 2 aromatic rings. The van der Waals surface area contributed by atoms with Gasteiger partial charge in [-0.25, -0.2) is 9.97 Å². The Kier molecular flexibility index (Phi) is 4.05. The summed E-state index contributed by atoms with van der Waals surface area (Å²) in [6.45, 7) is 4.53. The second kappa shape index (κ2) is 5.97. The minimum Gasteiger partial charge on any atom is -0.367 e. The smallest absolute Gasteiger partial charge is 0.261 e. The number of thiophene rings is 1. The van der Waals surface area contributed by atoms with Crippen molar-refractivity contribution in [2.75, 3.05) is 11.9 Å². The van der Waals surface area contributed by atoms with Crippen LogP contribution in [0.4, 0.5) is 5.82 Å². The number of nitrogens with zero attached hydrogens (tertiary/aromatic N) is 2. The highest BCUT2D eigenvalue weighted by atomic mass is 32.1. The highest BCUT2D eigenvalue weighted by Crippen LogP contribution is 2.34. The second-order valence-corrected chi connectivity index (χ2v) is 6.44. The van der Waals surface area contributed by atoms with Gasteiger partial charge in [0.1, 0.15) is 17.0 Å². The van der Waals surface area contributed by atoms with Gasteiger partial charge in [0.25, 0.3) is 5.91 Å². The van der Waals surface area contributed by atoms with Gasteiger partial charge in [-0.2, -0.15) is 0 Å². The van der Waals surface area contributed by atoms with Crippen molar-refractivity contribution < 1.29 is 4.79 Å². The van der Waals surface area contributed by atoms with E-state index in [1.807, 2.05) is 13.8 Å². The first kappa shape index (κ1) is 14.3. The van der Waals surface area contributed by atoms with Crippen LogP contribution >= 0.6 is 11.3 Å². The summed E-state index contributed by atoms with van der Waals surface area (Å²) in [5.74, 6) is 0.848. The number of amides is 1. The van der Waals surface area contributed by atoms with Crippen LogP contribution < -0.4 is 10.6 Å². The largest absolute Gasteiger partial charge is 0.367 e. The van der Waals surface area contributed by atoms with Gasteiger partial charge >= 0.3 is 0 Å². The number of carbonyl (C=O) groups excluding carboxylic acids is 1. The van der Waals surface area contributed by atoms with Crippen molar-refractivity contribution >= 4 is 33.3 Å². The lowest BCUT2D eigenvalue weighted by Crippen LogP contribution is -2.22. The maximum atomic E-state index is 12.1. The summed E-state index contributed by atoms with van der Waals surface area (Å²) < 4.78 is 0. The van der Waals surface area contributed by atoms with Crippen LogP contribution in [-0.2, 0) is 0 Å². The van der Waals surface area contributed by atoms with Crippen molar-refractivity contribution in [1.82, 2.24) is 15.3 Å². The standard InChI is InChI=1S/C15H20N4OS/c1-3-16-14(20)12-9(2)11-13(17-8-18-15(11)21-12)19-10-6-4-5-7-10/h8,10H,3-7H2,1-2H3,(H,16,20)(H,17,18,19). The molecule has 112 valence electrons. The molecule has 0 spiro atoms. The van der Waals surface area contributed by atoms with E-state index in [0.29, 0.717) is 12.6 Å². The Bertz CT molecular complexity index is 661. The van der Waals surface area contributed by atoms with Gasteiger partial charge in [-0.1, -0.05) is 12.8 Å². The number of anilines is 1. The van der Waals surface area contributed by atoms with Crippen LogP contribution in [0, 0.1) is 6.92 Å². The second-order valence-electron chi connectivity index (χ2n) is 5.44. The van der Waals surface area contributed by atoms with Gasteiger partial charge in [-0.15, -0.1) is 11.3 Å². The molecule has 0 unspecified atom stereocenters. The van der Waals surface area contributed by atoms with Crippen molar-refractivity contribution in [2.45, 2.75) is 45.6 Å². The molecule has 3 rings (SSSR count). The fraction of sp³-hybridized carbons (Fsp3) is 0.533. The maximum Gasteiger partial charge on any atom is 0.261 e. The monoisotopic (exact) mass is 304 g/mol. The lowest BCUT2D eigenvalue weighted by Gasteiger charge is -2.13. The first-order valence-corrected chi connectivity index (χ1v) is 8.31. The van der Waals surface area contributed by atoms with Gasteiger partial charge in [0.15, 0.2) is 0 Å². The van der Waals surface area contributed by atoms with Crippen LogP contribution in [-0.4, -0.2) is 28.5 Å². The topological polar surface area (TPSA) is 66.9 Å². The zero-order chi connectivity index (χ0) is 14.8. The zero-order valence-corrected chi connectivity index (χ0v) is 13.2. The average molecular weight is 304 g/mol. The predicted octanol–water partition coefficient (Wildman–Crippen LogP) is 3.10. The molecule has 1 aliphatic rings. The minimum absolute atomic E-state index is 0.0233. The Balaban J connectivity index is 1.99. The molecule has 2 aromatic heterocycles. The van der Waals surface area contributed by atoms with E-state index >= 15 is 0 Å². The van der Waals surface area contributed by atoms with E-state index in [9.17, 15) is 4.79 Å². The number of fused-ring (bicyclic) bond motifs is 1. The first-order valence-electron chi connectivity index (χ1n) is 7.49. The lowest BCUT2D eigenvalue weighted by molar-refractivity contribution is 0.0959. The molecule has 21 heavy (non-hydrogen) atoms. The molecule has 0 saturated heterocycles. The Hall–Kier alpha value is -1.69. The summed E-state index contributed by atoms with van der Waals surface area (Å²) in [7, 11) is 0. The van der Waals surface area contributed by atoms with Crippen molar-refractivity contribution in [3.05, 3.63) is 16.8 Å². The third kappa shape index (κ3) is 2.72. The van der Waals surface area contributed by atoms with Crippen LogP contribution in [0.2, 0.25) is 0 Å². The van der Waals surface area contributed by atoms with E-state index in [2.05, 4.69) is 20.6 Å². The molecule has 2 N–H and O–H groups in total. The van der Waals surface area contributed by atoms with Gasteiger partial charge in [0.2, 0.25) is 0 Å². The van der Waals surface area contributed by atoms with Gasteiger partial charge in [-0.3, -0.25) is 4.79 Å². The fourth-order valence-electron chi connectivity index (χ4n) is 2.90. The Morgan fingerprint density at radius 2 is 2.14 bits per heavy atom.